The number of hydrogen-bond acceptors (Lipinski definition) is 3. The fraction of sp³-hybridized carbons (Fsp3) is 0.640. The number of nitrogens with zero attached hydrogens (tertiary/aromatic N) is 2. The summed E-state index contributed by atoms with van der Waals surface area (Å²) in [4.78, 5) is 42.9. The predicted octanol–water partition coefficient (Wildman–Crippen LogP) is 4.13. The zero-order valence-electron chi connectivity index (χ0n) is 19.5. The lowest BCUT2D eigenvalue weighted by Gasteiger charge is -2.39. The van der Waals surface area contributed by atoms with Gasteiger partial charge < -0.3 is 15.1 Å². The van der Waals surface area contributed by atoms with E-state index in [0.29, 0.717) is 42.9 Å². The highest BCUT2D eigenvalue weighted by molar-refractivity contribution is 6.33. The lowest BCUT2D eigenvalue weighted by atomic mass is 9.86. The zero-order chi connectivity index (χ0) is 23.3. The molecule has 0 bridgehead atoms. The van der Waals surface area contributed by atoms with Gasteiger partial charge in [-0.1, -0.05) is 44.5 Å². The van der Waals surface area contributed by atoms with Crippen LogP contribution in [0.3, 0.4) is 0 Å². The maximum atomic E-state index is 13.4. The molecule has 1 unspecified atom stereocenters. The third kappa shape index (κ3) is 6.47. The lowest BCUT2D eigenvalue weighted by Crippen LogP contribution is -2.55. The SMILES string of the molecule is CC(C)(C)CC(=O)N1CCC(C(NC(=O)c2ccccc2Cl)C(=O)N2CCCCC2)CC1. The fourth-order valence-electron chi connectivity index (χ4n) is 4.60. The van der Waals surface area contributed by atoms with Crippen LogP contribution in [0.25, 0.3) is 0 Å². The van der Waals surface area contributed by atoms with E-state index in [4.69, 9.17) is 11.6 Å². The van der Waals surface area contributed by atoms with Gasteiger partial charge in [0.1, 0.15) is 6.04 Å². The van der Waals surface area contributed by atoms with Crippen LogP contribution in [0.2, 0.25) is 5.02 Å². The van der Waals surface area contributed by atoms with Crippen LogP contribution >= 0.6 is 11.6 Å². The second-order valence-corrected chi connectivity index (χ2v) is 10.7. The number of hydrogen-bond donors (Lipinski definition) is 1. The van der Waals surface area contributed by atoms with E-state index in [0.717, 1.165) is 32.4 Å². The Morgan fingerprint density at radius 1 is 1.00 bits per heavy atom. The minimum Gasteiger partial charge on any atom is -0.343 e. The third-order valence-electron chi connectivity index (χ3n) is 6.38. The third-order valence-corrected chi connectivity index (χ3v) is 6.71. The summed E-state index contributed by atoms with van der Waals surface area (Å²) in [7, 11) is 0. The summed E-state index contributed by atoms with van der Waals surface area (Å²) in [5, 5.41) is 3.38. The van der Waals surface area contributed by atoms with Crippen molar-refractivity contribution in [2.45, 2.75) is 65.3 Å². The average molecular weight is 462 g/mol. The van der Waals surface area contributed by atoms with E-state index in [1.165, 1.54) is 0 Å². The topological polar surface area (TPSA) is 69.7 Å². The van der Waals surface area contributed by atoms with Gasteiger partial charge in [0.25, 0.3) is 5.91 Å². The molecule has 1 aromatic rings. The van der Waals surface area contributed by atoms with Crippen LogP contribution in [0.1, 0.15) is 69.7 Å². The molecule has 1 atom stereocenters. The fourth-order valence-corrected chi connectivity index (χ4v) is 4.83. The molecule has 2 fully saturated rings. The summed E-state index contributed by atoms with van der Waals surface area (Å²) in [5.74, 6) is -0.175. The van der Waals surface area contributed by atoms with E-state index in [9.17, 15) is 14.4 Å². The molecule has 0 aliphatic carbocycles. The summed E-state index contributed by atoms with van der Waals surface area (Å²) in [6.45, 7) is 8.90. The Labute approximate surface area is 196 Å². The normalized spacial score (nSPS) is 18.9. The summed E-state index contributed by atoms with van der Waals surface area (Å²) in [6, 6.07) is 6.30. The second kappa shape index (κ2) is 10.7. The van der Waals surface area contributed by atoms with E-state index in [1.54, 1.807) is 24.3 Å². The number of amides is 3. The maximum absolute atomic E-state index is 13.4. The van der Waals surface area contributed by atoms with Crippen molar-refractivity contribution in [2.24, 2.45) is 11.3 Å². The molecule has 0 spiro atoms. The highest BCUT2D eigenvalue weighted by atomic mass is 35.5. The smallest absolute Gasteiger partial charge is 0.253 e. The van der Waals surface area contributed by atoms with Crippen molar-refractivity contribution in [3.63, 3.8) is 0 Å². The van der Waals surface area contributed by atoms with Crippen LogP contribution in [0.15, 0.2) is 24.3 Å². The van der Waals surface area contributed by atoms with Gasteiger partial charge >= 0.3 is 0 Å². The van der Waals surface area contributed by atoms with Gasteiger partial charge in [0.2, 0.25) is 11.8 Å². The molecule has 0 saturated carbocycles. The van der Waals surface area contributed by atoms with E-state index in [-0.39, 0.29) is 29.1 Å². The Morgan fingerprint density at radius 3 is 2.22 bits per heavy atom. The van der Waals surface area contributed by atoms with Crippen LogP contribution < -0.4 is 5.32 Å². The molecule has 7 heteroatoms. The van der Waals surface area contributed by atoms with Gasteiger partial charge in [-0.2, -0.15) is 0 Å². The molecule has 0 aromatic heterocycles. The maximum Gasteiger partial charge on any atom is 0.253 e. The van der Waals surface area contributed by atoms with Crippen molar-refractivity contribution in [1.82, 2.24) is 15.1 Å². The molecule has 1 aromatic carbocycles. The van der Waals surface area contributed by atoms with Gasteiger partial charge in [0, 0.05) is 32.6 Å². The van der Waals surface area contributed by atoms with Gasteiger partial charge in [-0.3, -0.25) is 14.4 Å². The molecule has 3 rings (SSSR count). The minimum atomic E-state index is -0.600. The average Bonchev–Trinajstić information content (AvgIpc) is 2.77. The van der Waals surface area contributed by atoms with Crippen LogP contribution in [0.4, 0.5) is 0 Å². The first-order chi connectivity index (χ1) is 15.2. The van der Waals surface area contributed by atoms with E-state index < -0.39 is 6.04 Å². The lowest BCUT2D eigenvalue weighted by molar-refractivity contribution is -0.137. The molecule has 176 valence electrons. The van der Waals surface area contributed by atoms with Crippen molar-refractivity contribution >= 4 is 29.3 Å². The van der Waals surface area contributed by atoms with Crippen molar-refractivity contribution in [3.8, 4) is 0 Å². The van der Waals surface area contributed by atoms with Crippen molar-refractivity contribution < 1.29 is 14.4 Å². The number of likely N-dealkylation sites (tertiary alicyclic amines) is 2. The van der Waals surface area contributed by atoms with Crippen LogP contribution in [-0.2, 0) is 9.59 Å². The highest BCUT2D eigenvalue weighted by Crippen LogP contribution is 2.27. The standard InChI is InChI=1S/C25H36ClN3O3/c1-25(2,3)17-21(30)28-15-11-18(12-16-28)22(24(32)29-13-7-4-8-14-29)27-23(31)19-9-5-6-10-20(19)26/h5-6,9-10,18,22H,4,7-8,11-17H2,1-3H3,(H,27,31). The summed E-state index contributed by atoms with van der Waals surface area (Å²) in [6.07, 6.45) is 5.03. The molecular formula is C25H36ClN3O3. The Kier molecular flexibility index (Phi) is 8.21. The van der Waals surface area contributed by atoms with E-state index >= 15 is 0 Å². The van der Waals surface area contributed by atoms with Gasteiger partial charge in [-0.15, -0.1) is 0 Å². The first kappa shape index (κ1) is 24.6. The molecule has 1 N–H and O–H groups in total. The molecule has 2 saturated heterocycles. The molecule has 2 heterocycles. The Hall–Kier alpha value is -2.08. The van der Waals surface area contributed by atoms with Crippen molar-refractivity contribution in [2.75, 3.05) is 26.2 Å². The van der Waals surface area contributed by atoms with Gasteiger partial charge in [-0.05, 0) is 55.6 Å². The Morgan fingerprint density at radius 2 is 1.62 bits per heavy atom. The van der Waals surface area contributed by atoms with Crippen LogP contribution in [0, 0.1) is 11.3 Å². The number of piperidine rings is 2. The Balaban J connectivity index is 1.71. The number of rotatable bonds is 5. The first-order valence-corrected chi connectivity index (χ1v) is 12.2. The molecule has 3 amide bonds. The van der Waals surface area contributed by atoms with Crippen molar-refractivity contribution in [1.29, 1.82) is 0 Å². The van der Waals surface area contributed by atoms with Gasteiger partial charge in [0.15, 0.2) is 0 Å². The second-order valence-electron chi connectivity index (χ2n) is 10.3. The molecule has 2 aliphatic rings. The predicted molar refractivity (Wildman–Crippen MR) is 127 cm³/mol. The quantitative estimate of drug-likeness (QED) is 0.716. The molecule has 32 heavy (non-hydrogen) atoms. The highest BCUT2D eigenvalue weighted by Gasteiger charge is 2.37. The van der Waals surface area contributed by atoms with Gasteiger partial charge in [-0.25, -0.2) is 0 Å². The monoisotopic (exact) mass is 461 g/mol. The summed E-state index contributed by atoms with van der Waals surface area (Å²) in [5.41, 5.74) is 0.326. The number of halogens is 1. The summed E-state index contributed by atoms with van der Waals surface area (Å²) >= 11 is 6.22. The van der Waals surface area contributed by atoms with Gasteiger partial charge in [0.05, 0.1) is 10.6 Å². The molecular weight excluding hydrogens is 426 g/mol. The minimum absolute atomic E-state index is 0.00505. The zero-order valence-corrected chi connectivity index (χ0v) is 20.3. The van der Waals surface area contributed by atoms with E-state index in [1.807, 2.05) is 9.80 Å². The summed E-state index contributed by atoms with van der Waals surface area (Å²) < 4.78 is 0. The molecule has 2 aliphatic heterocycles. The van der Waals surface area contributed by atoms with E-state index in [2.05, 4.69) is 26.1 Å². The molecule has 0 radical (unpaired) electrons. The van der Waals surface area contributed by atoms with Crippen LogP contribution in [0.5, 0.6) is 0 Å². The van der Waals surface area contributed by atoms with Crippen LogP contribution in [-0.4, -0.2) is 59.7 Å². The molecule has 6 nitrogen and oxygen atoms in total. The number of carbonyl (C=O) groups excluding carboxylic acids is 3. The number of benzene rings is 1. The van der Waals surface area contributed by atoms with Crippen molar-refractivity contribution in [3.05, 3.63) is 34.9 Å². The number of nitrogens with one attached hydrogen (secondary N) is 1. The first-order valence-electron chi connectivity index (χ1n) is 11.8. The Bertz CT molecular complexity index is 822. The largest absolute Gasteiger partial charge is 0.343 e. The number of carbonyl (C=O) groups is 3.